The highest BCUT2D eigenvalue weighted by Crippen LogP contribution is 2.45. The Morgan fingerprint density at radius 3 is 1.88 bits per heavy atom. The van der Waals surface area contributed by atoms with E-state index >= 15 is 0 Å². The highest BCUT2D eigenvalue weighted by molar-refractivity contribution is 6.32. The second-order valence-corrected chi connectivity index (χ2v) is 18.1. The number of aliphatic hydroxyl groups excluding tert-OH is 8. The predicted octanol–water partition coefficient (Wildman–Crippen LogP) is -4.32. The number of hydrogen-bond donors (Lipinski definition) is 12. The number of nitrogens with one attached hydrogen (secondary N) is 3. The lowest BCUT2D eigenvalue weighted by Crippen LogP contribution is -2.72. The van der Waals surface area contributed by atoms with Gasteiger partial charge in [0.05, 0.1) is 48.7 Å². The zero-order valence-corrected chi connectivity index (χ0v) is 37.2. The van der Waals surface area contributed by atoms with E-state index in [-0.39, 0.29) is 11.2 Å². The van der Waals surface area contributed by atoms with Gasteiger partial charge in [-0.3, -0.25) is 14.4 Å². The van der Waals surface area contributed by atoms with Crippen LogP contribution in [0.3, 0.4) is 0 Å². The first-order chi connectivity index (χ1) is 29.6. The average Bonchev–Trinajstić information content (AvgIpc) is 3.19. The summed E-state index contributed by atoms with van der Waals surface area (Å²) < 4.78 is 36.8. The van der Waals surface area contributed by atoms with Gasteiger partial charge in [-0.05, 0) is 46.8 Å². The van der Waals surface area contributed by atoms with Crippen molar-refractivity contribution >= 4 is 42.7 Å². The van der Waals surface area contributed by atoms with E-state index < -0.39 is 157 Å². The maximum atomic E-state index is 14.2. The van der Waals surface area contributed by atoms with Crippen molar-refractivity contribution in [2.45, 2.75) is 177 Å². The van der Waals surface area contributed by atoms with E-state index in [1.165, 1.54) is 53.7 Å². The van der Waals surface area contributed by atoms with Crippen LogP contribution in [0.25, 0.3) is 0 Å². The molecule has 1 aromatic rings. The largest absolute Gasteiger partial charge is 0.479 e. The number of rotatable bonds is 17. The standard InChI is InChI=1S/C41H64BN3O19/c1-16(25(50)37(57)58)63-40(6,7)35-24(44-18(3)49)28(53)31(22(15-47)60-35)61-38-30(55)29(54)32(33(62-38)36(56)45-20-12-10-11-19(42)13-20)64-41(8,9)39(4,5)34-23(43-17(2)48)27(52)26(51)21(14-46)59-34/h10-13,16,21-35,38,46-47,50-55H,14-15H2,1-9H3,(H,43,48)(H,44,49)(H,45,56)(H,57,58)/t16-,21?,22?,23?,24?,25?,26+,27?,28?,29?,30?,31+,32-,33?,34+,35+,38+/m0/s1. The predicted molar refractivity (Wildman–Crippen MR) is 222 cm³/mol. The Morgan fingerprint density at radius 1 is 0.781 bits per heavy atom. The Bertz CT molecular complexity index is 1790. The number of hydrogen-bond acceptors (Lipinski definition) is 18. The maximum Gasteiger partial charge on any atom is 0.335 e. The van der Waals surface area contributed by atoms with Crippen LogP contribution < -0.4 is 21.4 Å². The number of anilines is 1. The molecule has 17 atom stereocenters. The van der Waals surface area contributed by atoms with Crippen LogP contribution in [-0.4, -0.2) is 206 Å². The quantitative estimate of drug-likeness (QED) is 0.0658. The maximum absolute atomic E-state index is 14.2. The van der Waals surface area contributed by atoms with Crippen molar-refractivity contribution < 1.29 is 93.6 Å². The molecule has 3 amide bonds. The van der Waals surface area contributed by atoms with Gasteiger partial charge in [-0.15, -0.1) is 0 Å². The molecule has 3 saturated heterocycles. The fourth-order valence-corrected chi connectivity index (χ4v) is 8.31. The van der Waals surface area contributed by atoms with E-state index in [0.717, 1.165) is 6.92 Å². The zero-order valence-electron chi connectivity index (χ0n) is 37.2. The highest BCUT2D eigenvalue weighted by Gasteiger charge is 2.60. The summed E-state index contributed by atoms with van der Waals surface area (Å²) in [5.74, 6) is -3.77. The molecule has 0 saturated carbocycles. The molecule has 0 aromatic heterocycles. The van der Waals surface area contributed by atoms with Gasteiger partial charge in [0.15, 0.2) is 18.5 Å². The molecular weight excluding hydrogens is 849 g/mol. The second-order valence-electron chi connectivity index (χ2n) is 18.1. The first-order valence-electron chi connectivity index (χ1n) is 20.8. The number of carbonyl (C=O) groups excluding carboxylic acids is 3. The summed E-state index contributed by atoms with van der Waals surface area (Å²) >= 11 is 0. The van der Waals surface area contributed by atoms with Gasteiger partial charge in [0, 0.05) is 24.9 Å². The molecule has 10 unspecified atom stereocenters. The van der Waals surface area contributed by atoms with Crippen molar-refractivity contribution in [3.05, 3.63) is 24.3 Å². The number of ether oxygens (including phenoxy) is 6. The average molecular weight is 914 g/mol. The lowest BCUT2D eigenvalue weighted by Gasteiger charge is -2.55. The molecule has 4 rings (SSSR count). The third-order valence-electron chi connectivity index (χ3n) is 12.4. The zero-order chi connectivity index (χ0) is 48.4. The minimum absolute atomic E-state index is 0.192. The molecule has 22 nitrogen and oxygen atoms in total. The minimum Gasteiger partial charge on any atom is -0.479 e. The fraction of sp³-hybridized carbons (Fsp3) is 0.756. The topological polar surface area (TPSA) is 342 Å². The van der Waals surface area contributed by atoms with Crippen LogP contribution in [0.4, 0.5) is 5.69 Å². The van der Waals surface area contributed by atoms with Crippen LogP contribution in [-0.2, 0) is 47.6 Å². The van der Waals surface area contributed by atoms with E-state index in [1.807, 2.05) is 0 Å². The number of carbonyl (C=O) groups is 4. The molecule has 23 heteroatoms. The highest BCUT2D eigenvalue weighted by atomic mass is 16.7. The monoisotopic (exact) mass is 913 g/mol. The van der Waals surface area contributed by atoms with Gasteiger partial charge in [-0.25, -0.2) is 4.79 Å². The number of carboxylic acids is 1. The smallest absolute Gasteiger partial charge is 0.335 e. The molecule has 12 N–H and O–H groups in total. The number of carboxylic acid groups (broad SMARTS) is 1. The molecule has 360 valence electrons. The second kappa shape index (κ2) is 21.1. The van der Waals surface area contributed by atoms with Crippen molar-refractivity contribution in [1.29, 1.82) is 0 Å². The van der Waals surface area contributed by atoms with E-state index in [4.69, 9.17) is 36.3 Å². The Hall–Kier alpha value is -3.40. The lowest BCUT2D eigenvalue weighted by molar-refractivity contribution is -0.349. The van der Waals surface area contributed by atoms with Crippen LogP contribution in [0, 0.1) is 5.41 Å². The molecular formula is C41H64BN3O19. The molecule has 3 fully saturated rings. The van der Waals surface area contributed by atoms with Crippen molar-refractivity contribution in [2.24, 2.45) is 5.41 Å². The first-order valence-corrected chi connectivity index (χ1v) is 20.8. The van der Waals surface area contributed by atoms with Crippen LogP contribution in [0.15, 0.2) is 24.3 Å². The number of benzene rings is 1. The summed E-state index contributed by atoms with van der Waals surface area (Å²) in [4.78, 5) is 50.5. The Morgan fingerprint density at radius 2 is 1.34 bits per heavy atom. The summed E-state index contributed by atoms with van der Waals surface area (Å²) in [6, 6.07) is 3.37. The SMILES string of the molecule is [B]c1cccc(NC(=O)C2O[C@@H](O[C@@H]3C(CO)O[C@@H](C(C)(C)O[C@@H](C)C(O)C(=O)O)C(NC(C)=O)C3O)C(O)C(O)[C@@H]2OC(C)(C)C(C)(C)[C@@H]2OC(CO)[C@@H](O)C(O)C2NC(C)=O)c1. The van der Waals surface area contributed by atoms with Crippen molar-refractivity contribution in [1.82, 2.24) is 10.6 Å². The minimum atomic E-state index is -2.07. The Labute approximate surface area is 371 Å². The molecule has 3 aliphatic rings. The van der Waals surface area contributed by atoms with Crippen molar-refractivity contribution in [2.75, 3.05) is 18.5 Å². The number of aliphatic hydroxyl groups is 8. The Balaban J connectivity index is 1.71. The summed E-state index contributed by atoms with van der Waals surface area (Å²) in [7, 11) is 5.94. The van der Waals surface area contributed by atoms with E-state index in [0.29, 0.717) is 0 Å². The van der Waals surface area contributed by atoms with Crippen molar-refractivity contribution in [3.8, 4) is 0 Å². The van der Waals surface area contributed by atoms with Gasteiger partial charge in [-0.1, -0.05) is 31.4 Å². The number of amides is 3. The summed E-state index contributed by atoms with van der Waals surface area (Å²) in [6.07, 6.45) is -25.0. The van der Waals surface area contributed by atoms with E-state index in [2.05, 4.69) is 16.0 Å². The van der Waals surface area contributed by atoms with Gasteiger partial charge < -0.3 is 90.3 Å². The normalized spacial score (nSPS) is 34.9. The molecule has 2 radical (unpaired) electrons. The van der Waals surface area contributed by atoms with E-state index in [9.17, 15) is 65.1 Å². The van der Waals surface area contributed by atoms with Gasteiger partial charge in [0.25, 0.3) is 5.91 Å². The molecule has 3 heterocycles. The lowest BCUT2D eigenvalue weighted by atomic mass is 9.67. The third-order valence-corrected chi connectivity index (χ3v) is 12.4. The molecule has 0 spiro atoms. The molecule has 64 heavy (non-hydrogen) atoms. The molecule has 0 aliphatic carbocycles. The van der Waals surface area contributed by atoms with Crippen LogP contribution in [0.1, 0.15) is 62.3 Å². The molecule has 3 aliphatic heterocycles. The van der Waals surface area contributed by atoms with Gasteiger partial charge in [0.2, 0.25) is 11.8 Å². The summed E-state index contributed by atoms with van der Waals surface area (Å²) in [5, 5.41) is 105. The molecule has 1 aromatic carbocycles. The number of aliphatic carboxylic acids is 1. The van der Waals surface area contributed by atoms with Crippen LogP contribution in [0.2, 0.25) is 0 Å². The van der Waals surface area contributed by atoms with Crippen LogP contribution >= 0.6 is 0 Å². The summed E-state index contributed by atoms with van der Waals surface area (Å²) in [6.45, 7) is 11.2. The summed E-state index contributed by atoms with van der Waals surface area (Å²) in [5.41, 5.74) is -4.03. The fourth-order valence-electron chi connectivity index (χ4n) is 8.31. The third kappa shape index (κ3) is 11.6. The van der Waals surface area contributed by atoms with Gasteiger partial charge in [-0.2, -0.15) is 0 Å². The van der Waals surface area contributed by atoms with Crippen LogP contribution in [0.5, 0.6) is 0 Å². The first kappa shape index (κ1) is 53.2. The molecule has 0 bridgehead atoms. The van der Waals surface area contributed by atoms with E-state index in [1.54, 1.807) is 26.0 Å². The Kier molecular flexibility index (Phi) is 17.5. The van der Waals surface area contributed by atoms with Crippen molar-refractivity contribution in [3.63, 3.8) is 0 Å². The van der Waals surface area contributed by atoms with Gasteiger partial charge >= 0.3 is 5.97 Å². The van der Waals surface area contributed by atoms with Gasteiger partial charge in [0.1, 0.15) is 68.9 Å².